The molecule has 1 aliphatic rings. The molecule has 1 saturated heterocycles. The molecule has 180 valence electrons. The number of carbonyl (C=O) groups is 2. The molecule has 0 aliphatic carbocycles. The zero-order chi connectivity index (χ0) is 24.8. The third-order valence-corrected chi connectivity index (χ3v) is 5.85. The van der Waals surface area contributed by atoms with Crippen molar-refractivity contribution >= 4 is 39.5 Å². The molecule has 0 saturated carbocycles. The Hall–Kier alpha value is -3.78. The van der Waals surface area contributed by atoms with E-state index in [-0.39, 0.29) is 5.57 Å². The number of carbonyl (C=O) groups excluding carboxylic acids is 2. The summed E-state index contributed by atoms with van der Waals surface area (Å²) < 4.78 is 17.8. The van der Waals surface area contributed by atoms with Gasteiger partial charge in [0, 0.05) is 6.42 Å². The summed E-state index contributed by atoms with van der Waals surface area (Å²) in [5.41, 5.74) is 4.98. The highest BCUT2D eigenvalue weighted by atomic mass is 79.9. The second-order valence-corrected chi connectivity index (χ2v) is 8.73. The Morgan fingerprint density at radius 1 is 0.971 bits per heavy atom. The first kappa shape index (κ1) is 24.3. The lowest BCUT2D eigenvalue weighted by atomic mass is 10.1. The van der Waals surface area contributed by atoms with E-state index >= 15 is 0 Å². The molecule has 1 N–H and O–H groups in total. The lowest BCUT2D eigenvalue weighted by Gasteiger charge is -2.14. The van der Waals surface area contributed by atoms with Crippen LogP contribution in [-0.4, -0.2) is 32.1 Å². The Morgan fingerprint density at radius 2 is 1.74 bits per heavy atom. The van der Waals surface area contributed by atoms with Crippen LogP contribution >= 0.6 is 15.9 Å². The molecule has 0 radical (unpaired) electrons. The summed E-state index contributed by atoms with van der Waals surface area (Å²) in [7, 11) is 1.54. The Bertz CT molecular complexity index is 1260. The minimum absolute atomic E-state index is 0.0322. The summed E-state index contributed by atoms with van der Waals surface area (Å²) in [6, 6.07) is 20.3. The highest BCUT2D eigenvalue weighted by Crippen LogP contribution is 2.37. The molecule has 1 heterocycles. The van der Waals surface area contributed by atoms with Crippen LogP contribution in [0.15, 0.2) is 76.8 Å². The Labute approximate surface area is 212 Å². The van der Waals surface area contributed by atoms with Gasteiger partial charge in [-0.15, -0.1) is 0 Å². The van der Waals surface area contributed by atoms with Crippen molar-refractivity contribution in [2.24, 2.45) is 0 Å². The standard InChI is InChI=1S/C27H25BrN2O5/c1-18-8-6-11-21(14-18)34-12-7-13-35-25-23(28)16-19(17-24(25)33-2)15-22-26(31)29-30(27(22)32)20-9-4-3-5-10-20/h3-6,8-11,14-17H,7,12-13H2,1-2H3,(H,29,31)/b22-15+. The van der Waals surface area contributed by atoms with E-state index in [1.165, 1.54) is 18.2 Å². The Kier molecular flexibility index (Phi) is 7.72. The van der Waals surface area contributed by atoms with Crippen molar-refractivity contribution in [3.63, 3.8) is 0 Å². The van der Waals surface area contributed by atoms with Crippen LogP contribution in [0.3, 0.4) is 0 Å². The maximum Gasteiger partial charge on any atom is 0.282 e. The van der Waals surface area contributed by atoms with Gasteiger partial charge in [-0.3, -0.25) is 15.0 Å². The normalized spacial score (nSPS) is 14.3. The Balaban J connectivity index is 1.42. The van der Waals surface area contributed by atoms with Crippen LogP contribution in [0.5, 0.6) is 17.2 Å². The molecule has 8 heteroatoms. The molecule has 0 bridgehead atoms. The van der Waals surface area contributed by atoms with E-state index < -0.39 is 11.8 Å². The van der Waals surface area contributed by atoms with Crippen LogP contribution in [0.2, 0.25) is 0 Å². The van der Waals surface area contributed by atoms with Gasteiger partial charge in [-0.1, -0.05) is 30.3 Å². The summed E-state index contributed by atoms with van der Waals surface area (Å²) in [5, 5.41) is 1.23. The third-order valence-electron chi connectivity index (χ3n) is 5.26. The van der Waals surface area contributed by atoms with Gasteiger partial charge < -0.3 is 14.2 Å². The number of hydrogen-bond acceptors (Lipinski definition) is 5. The molecule has 1 fully saturated rings. The average molecular weight is 537 g/mol. The number of nitrogens with zero attached hydrogens (tertiary/aromatic N) is 1. The van der Waals surface area contributed by atoms with Gasteiger partial charge in [0.15, 0.2) is 11.5 Å². The fourth-order valence-corrected chi connectivity index (χ4v) is 4.15. The number of aryl methyl sites for hydroxylation is 1. The number of anilines is 1. The van der Waals surface area contributed by atoms with Gasteiger partial charge in [0.1, 0.15) is 11.3 Å². The molecule has 0 unspecified atom stereocenters. The molecule has 1 aliphatic heterocycles. The van der Waals surface area contributed by atoms with Crippen molar-refractivity contribution in [2.75, 3.05) is 25.3 Å². The topological polar surface area (TPSA) is 77.1 Å². The van der Waals surface area contributed by atoms with Crippen LogP contribution in [-0.2, 0) is 9.59 Å². The first-order chi connectivity index (χ1) is 17.0. The lowest BCUT2D eigenvalue weighted by molar-refractivity contribution is -0.117. The number of rotatable bonds is 9. The molecule has 3 aromatic carbocycles. The van der Waals surface area contributed by atoms with Crippen molar-refractivity contribution in [1.82, 2.24) is 5.43 Å². The van der Waals surface area contributed by atoms with Crippen molar-refractivity contribution in [2.45, 2.75) is 13.3 Å². The van der Waals surface area contributed by atoms with Crippen LogP contribution in [0.1, 0.15) is 17.5 Å². The second kappa shape index (κ2) is 11.1. The van der Waals surface area contributed by atoms with E-state index in [4.69, 9.17) is 14.2 Å². The number of halogens is 1. The number of ether oxygens (including phenoxy) is 3. The number of para-hydroxylation sites is 1. The molecule has 35 heavy (non-hydrogen) atoms. The van der Waals surface area contributed by atoms with Crippen LogP contribution in [0, 0.1) is 6.92 Å². The molecular formula is C27H25BrN2O5. The van der Waals surface area contributed by atoms with E-state index in [1.807, 2.05) is 37.3 Å². The number of amides is 2. The molecule has 2 amide bonds. The SMILES string of the molecule is COc1cc(/C=C2\C(=O)NN(c3ccccc3)C2=O)cc(Br)c1OCCCOc1cccc(C)c1. The molecule has 3 aromatic rings. The van der Waals surface area contributed by atoms with Gasteiger partial charge in [0.2, 0.25) is 0 Å². The Morgan fingerprint density at radius 3 is 2.49 bits per heavy atom. The van der Waals surface area contributed by atoms with Gasteiger partial charge in [0.05, 0.1) is 30.5 Å². The van der Waals surface area contributed by atoms with Gasteiger partial charge in [0.25, 0.3) is 11.8 Å². The summed E-state index contributed by atoms with van der Waals surface area (Å²) in [6.45, 7) is 2.96. The molecule has 0 atom stereocenters. The van der Waals surface area contributed by atoms with Gasteiger partial charge >= 0.3 is 0 Å². The van der Waals surface area contributed by atoms with Crippen molar-refractivity contribution in [3.8, 4) is 17.2 Å². The van der Waals surface area contributed by atoms with Crippen LogP contribution in [0.4, 0.5) is 5.69 Å². The largest absolute Gasteiger partial charge is 0.493 e. The van der Waals surface area contributed by atoms with Gasteiger partial charge in [-0.05, 0) is 76.5 Å². The summed E-state index contributed by atoms with van der Waals surface area (Å²) in [4.78, 5) is 25.3. The molecule has 4 rings (SSSR count). The van der Waals surface area contributed by atoms with Crippen molar-refractivity contribution in [3.05, 3.63) is 87.9 Å². The smallest absolute Gasteiger partial charge is 0.282 e. The minimum atomic E-state index is -0.470. The summed E-state index contributed by atoms with van der Waals surface area (Å²) >= 11 is 3.52. The molecule has 0 spiro atoms. The quantitative estimate of drug-likeness (QED) is 0.234. The van der Waals surface area contributed by atoms with Crippen LogP contribution < -0.4 is 24.6 Å². The predicted octanol–water partition coefficient (Wildman–Crippen LogP) is 5.08. The maximum atomic E-state index is 12.8. The summed E-state index contributed by atoms with van der Waals surface area (Å²) in [5.74, 6) is 0.959. The number of benzene rings is 3. The highest BCUT2D eigenvalue weighted by Gasteiger charge is 2.34. The molecular weight excluding hydrogens is 512 g/mol. The first-order valence-corrected chi connectivity index (χ1v) is 11.9. The zero-order valence-corrected chi connectivity index (χ0v) is 21.0. The van der Waals surface area contributed by atoms with Crippen molar-refractivity contribution in [1.29, 1.82) is 0 Å². The number of nitrogens with one attached hydrogen (secondary N) is 1. The highest BCUT2D eigenvalue weighted by molar-refractivity contribution is 9.10. The van der Waals surface area contributed by atoms with E-state index in [1.54, 1.807) is 36.4 Å². The monoisotopic (exact) mass is 536 g/mol. The fourth-order valence-electron chi connectivity index (χ4n) is 3.57. The third kappa shape index (κ3) is 5.84. The van der Waals surface area contributed by atoms with E-state index in [9.17, 15) is 9.59 Å². The van der Waals surface area contributed by atoms with Crippen LogP contribution in [0.25, 0.3) is 6.08 Å². The van der Waals surface area contributed by atoms with Crippen molar-refractivity contribution < 1.29 is 23.8 Å². The molecule has 7 nitrogen and oxygen atoms in total. The first-order valence-electron chi connectivity index (χ1n) is 11.1. The van der Waals surface area contributed by atoms with E-state index in [2.05, 4.69) is 21.4 Å². The predicted molar refractivity (Wildman–Crippen MR) is 138 cm³/mol. The number of hydrogen-bond donors (Lipinski definition) is 1. The summed E-state index contributed by atoms with van der Waals surface area (Å²) in [6.07, 6.45) is 2.21. The zero-order valence-electron chi connectivity index (χ0n) is 19.4. The van der Waals surface area contributed by atoms with E-state index in [0.717, 1.165) is 11.3 Å². The number of hydrazine groups is 1. The number of methoxy groups -OCH3 is 1. The van der Waals surface area contributed by atoms with Gasteiger partial charge in [-0.25, -0.2) is 5.01 Å². The lowest BCUT2D eigenvalue weighted by Crippen LogP contribution is -2.35. The molecule has 0 aromatic heterocycles. The maximum absolute atomic E-state index is 12.8. The fraction of sp³-hybridized carbons (Fsp3) is 0.185. The van der Waals surface area contributed by atoms with E-state index in [0.29, 0.717) is 46.9 Å². The minimum Gasteiger partial charge on any atom is -0.493 e. The second-order valence-electron chi connectivity index (χ2n) is 7.88. The van der Waals surface area contributed by atoms with Gasteiger partial charge in [-0.2, -0.15) is 0 Å². The average Bonchev–Trinajstić information content (AvgIpc) is 3.13.